The van der Waals surface area contributed by atoms with Crippen molar-refractivity contribution < 1.29 is 14.7 Å². The van der Waals surface area contributed by atoms with Crippen LogP contribution in [0.25, 0.3) is 0 Å². The van der Waals surface area contributed by atoms with E-state index in [1.54, 1.807) is 23.5 Å². The van der Waals surface area contributed by atoms with E-state index in [0.29, 0.717) is 12.1 Å². The van der Waals surface area contributed by atoms with Gasteiger partial charge in [-0.05, 0) is 36.1 Å². The van der Waals surface area contributed by atoms with Crippen LogP contribution in [0.2, 0.25) is 0 Å². The maximum absolute atomic E-state index is 11.8. The van der Waals surface area contributed by atoms with E-state index in [1.807, 2.05) is 17.5 Å². The van der Waals surface area contributed by atoms with Crippen molar-refractivity contribution in [1.29, 1.82) is 0 Å². The molecule has 0 spiro atoms. The minimum Gasteiger partial charge on any atom is -0.478 e. The zero-order valence-corrected chi connectivity index (χ0v) is 10.9. The van der Waals surface area contributed by atoms with E-state index in [-0.39, 0.29) is 11.5 Å². The second kappa shape index (κ2) is 6.15. The topological polar surface area (TPSA) is 66.4 Å². The first-order chi connectivity index (χ1) is 9.16. The van der Waals surface area contributed by atoms with E-state index in [2.05, 4.69) is 5.32 Å². The van der Waals surface area contributed by atoms with Crippen LogP contribution < -0.4 is 5.32 Å². The summed E-state index contributed by atoms with van der Waals surface area (Å²) in [5.74, 6) is -1.28. The van der Waals surface area contributed by atoms with Crippen molar-refractivity contribution in [3.63, 3.8) is 0 Å². The van der Waals surface area contributed by atoms with Crippen LogP contribution in [0.5, 0.6) is 0 Å². The zero-order valence-electron chi connectivity index (χ0n) is 10.1. The molecule has 1 aromatic heterocycles. The second-order valence-corrected chi connectivity index (χ2v) is 5.00. The van der Waals surface area contributed by atoms with Crippen LogP contribution in [-0.4, -0.2) is 23.5 Å². The highest BCUT2D eigenvalue weighted by Gasteiger charge is 2.08. The number of carbonyl (C=O) groups is 2. The maximum atomic E-state index is 11.8. The lowest BCUT2D eigenvalue weighted by Crippen LogP contribution is -2.25. The number of hydrogen-bond acceptors (Lipinski definition) is 3. The van der Waals surface area contributed by atoms with Gasteiger partial charge in [-0.1, -0.05) is 12.1 Å². The Bertz CT molecular complexity index is 578. The minimum absolute atomic E-state index is 0.117. The van der Waals surface area contributed by atoms with Gasteiger partial charge in [-0.3, -0.25) is 4.79 Å². The first-order valence-electron chi connectivity index (χ1n) is 5.81. The molecule has 0 aliphatic carbocycles. The van der Waals surface area contributed by atoms with Crippen molar-refractivity contribution in [3.8, 4) is 0 Å². The number of nitrogens with one attached hydrogen (secondary N) is 1. The Morgan fingerprint density at radius 2 is 1.95 bits per heavy atom. The molecule has 1 amide bonds. The van der Waals surface area contributed by atoms with Crippen LogP contribution >= 0.6 is 11.3 Å². The summed E-state index contributed by atoms with van der Waals surface area (Å²) < 4.78 is 0. The molecular weight excluding hydrogens is 262 g/mol. The maximum Gasteiger partial charge on any atom is 0.335 e. The molecule has 98 valence electrons. The molecule has 0 fully saturated rings. The van der Waals surface area contributed by atoms with Crippen molar-refractivity contribution in [1.82, 2.24) is 5.32 Å². The second-order valence-electron chi connectivity index (χ2n) is 3.97. The average molecular weight is 275 g/mol. The molecule has 0 radical (unpaired) electrons. The van der Waals surface area contributed by atoms with E-state index in [0.717, 1.165) is 6.42 Å². The smallest absolute Gasteiger partial charge is 0.335 e. The fourth-order valence-electron chi connectivity index (χ4n) is 1.65. The van der Waals surface area contributed by atoms with Crippen LogP contribution in [0.1, 0.15) is 25.6 Å². The van der Waals surface area contributed by atoms with Crippen molar-refractivity contribution in [2.24, 2.45) is 0 Å². The van der Waals surface area contributed by atoms with Crippen LogP contribution in [-0.2, 0) is 6.42 Å². The molecule has 0 unspecified atom stereocenters. The van der Waals surface area contributed by atoms with E-state index in [4.69, 9.17) is 5.11 Å². The predicted octanol–water partition coefficient (Wildman–Crippen LogP) is 2.42. The summed E-state index contributed by atoms with van der Waals surface area (Å²) in [7, 11) is 0. The lowest BCUT2D eigenvalue weighted by atomic mass is 10.1. The molecule has 0 saturated carbocycles. The Hall–Kier alpha value is -2.14. The van der Waals surface area contributed by atoms with Crippen molar-refractivity contribution in [3.05, 3.63) is 57.8 Å². The number of carboxylic acids is 1. The van der Waals surface area contributed by atoms with Gasteiger partial charge < -0.3 is 10.4 Å². The van der Waals surface area contributed by atoms with Gasteiger partial charge in [0.15, 0.2) is 0 Å². The van der Waals surface area contributed by atoms with Crippen molar-refractivity contribution in [2.45, 2.75) is 6.42 Å². The number of hydrogen-bond donors (Lipinski definition) is 2. The summed E-state index contributed by atoms with van der Waals surface area (Å²) >= 11 is 1.65. The monoisotopic (exact) mass is 275 g/mol. The molecule has 0 saturated heterocycles. The molecule has 1 aromatic carbocycles. The molecular formula is C14H13NO3S. The van der Waals surface area contributed by atoms with Gasteiger partial charge in [0.2, 0.25) is 0 Å². The van der Waals surface area contributed by atoms with Crippen molar-refractivity contribution in [2.75, 3.05) is 6.54 Å². The highest BCUT2D eigenvalue weighted by atomic mass is 32.1. The van der Waals surface area contributed by atoms with E-state index in [9.17, 15) is 9.59 Å². The Morgan fingerprint density at radius 1 is 1.16 bits per heavy atom. The Labute approximate surface area is 114 Å². The fraction of sp³-hybridized carbons (Fsp3) is 0.143. The number of carboxylic acid groups (broad SMARTS) is 1. The first kappa shape index (κ1) is 13.3. The standard InChI is InChI=1S/C14H13NO3S/c16-13(15-7-6-12-5-2-8-19-12)10-3-1-4-11(9-10)14(17)18/h1-5,8-9H,6-7H2,(H,15,16)(H,17,18). The third-order valence-corrected chi connectivity index (χ3v) is 3.54. The number of benzene rings is 1. The summed E-state index contributed by atoms with van der Waals surface area (Å²) in [5.41, 5.74) is 0.483. The molecule has 0 bridgehead atoms. The van der Waals surface area contributed by atoms with Gasteiger partial charge in [0, 0.05) is 17.0 Å². The van der Waals surface area contributed by atoms with Crippen LogP contribution in [0.3, 0.4) is 0 Å². The van der Waals surface area contributed by atoms with Gasteiger partial charge in [-0.15, -0.1) is 11.3 Å². The average Bonchev–Trinajstić information content (AvgIpc) is 2.92. The van der Waals surface area contributed by atoms with Crippen LogP contribution in [0.4, 0.5) is 0 Å². The first-order valence-corrected chi connectivity index (χ1v) is 6.69. The molecule has 1 heterocycles. The summed E-state index contributed by atoms with van der Waals surface area (Å²) in [6.07, 6.45) is 0.780. The lowest BCUT2D eigenvalue weighted by molar-refractivity contribution is 0.0697. The summed E-state index contributed by atoms with van der Waals surface area (Å²) in [5, 5.41) is 13.6. The molecule has 0 atom stereocenters. The van der Waals surface area contributed by atoms with E-state index >= 15 is 0 Å². The van der Waals surface area contributed by atoms with E-state index < -0.39 is 5.97 Å². The largest absolute Gasteiger partial charge is 0.478 e. The predicted molar refractivity (Wildman–Crippen MR) is 73.8 cm³/mol. The van der Waals surface area contributed by atoms with Gasteiger partial charge in [0.25, 0.3) is 5.91 Å². The van der Waals surface area contributed by atoms with E-state index in [1.165, 1.54) is 17.0 Å². The number of thiophene rings is 1. The normalized spacial score (nSPS) is 10.1. The molecule has 4 nitrogen and oxygen atoms in total. The number of rotatable bonds is 5. The SMILES string of the molecule is O=C(O)c1cccc(C(=O)NCCc2cccs2)c1. The number of carbonyl (C=O) groups excluding carboxylic acids is 1. The summed E-state index contributed by atoms with van der Waals surface area (Å²) in [6.45, 7) is 0.538. The Morgan fingerprint density at radius 3 is 2.63 bits per heavy atom. The molecule has 19 heavy (non-hydrogen) atoms. The van der Waals surface area contributed by atoms with Crippen molar-refractivity contribution >= 4 is 23.2 Å². The highest BCUT2D eigenvalue weighted by Crippen LogP contribution is 2.09. The van der Waals surface area contributed by atoms with Gasteiger partial charge in [-0.2, -0.15) is 0 Å². The fourth-order valence-corrected chi connectivity index (χ4v) is 2.36. The Kier molecular flexibility index (Phi) is 4.30. The Balaban J connectivity index is 1.92. The highest BCUT2D eigenvalue weighted by molar-refractivity contribution is 7.09. The van der Waals surface area contributed by atoms with Gasteiger partial charge in [-0.25, -0.2) is 4.79 Å². The quantitative estimate of drug-likeness (QED) is 0.880. The van der Waals surface area contributed by atoms with Gasteiger partial charge >= 0.3 is 5.97 Å². The number of aromatic carboxylic acids is 1. The molecule has 2 N–H and O–H groups in total. The molecule has 5 heteroatoms. The summed E-state index contributed by atoms with van der Waals surface area (Å²) in [4.78, 5) is 23.9. The lowest BCUT2D eigenvalue weighted by Gasteiger charge is -2.05. The number of amides is 1. The summed E-state index contributed by atoms with van der Waals surface area (Å²) in [6, 6.07) is 10.00. The molecule has 2 rings (SSSR count). The van der Waals surface area contributed by atoms with Gasteiger partial charge in [0.1, 0.15) is 0 Å². The molecule has 0 aliphatic rings. The minimum atomic E-state index is -1.03. The molecule has 0 aliphatic heterocycles. The zero-order chi connectivity index (χ0) is 13.7. The third-order valence-electron chi connectivity index (χ3n) is 2.61. The molecule has 2 aromatic rings. The van der Waals surface area contributed by atoms with Crippen LogP contribution in [0.15, 0.2) is 41.8 Å². The van der Waals surface area contributed by atoms with Gasteiger partial charge in [0.05, 0.1) is 5.56 Å². The van der Waals surface area contributed by atoms with Crippen LogP contribution in [0, 0.1) is 0 Å². The third kappa shape index (κ3) is 3.66.